The van der Waals surface area contributed by atoms with E-state index in [1.165, 1.54) is 48.5 Å². The number of hydrogen-bond acceptors (Lipinski definition) is 4. The first kappa shape index (κ1) is 9.73. The summed E-state index contributed by atoms with van der Waals surface area (Å²) < 4.78 is 0. The maximum atomic E-state index is 4.35. The number of nitrogens with zero attached hydrogens (tertiary/aromatic N) is 2. The predicted octanol–water partition coefficient (Wildman–Crippen LogP) is 2.62. The Hall–Kier alpha value is -0.480. The first-order valence-corrected chi connectivity index (χ1v) is 6.82. The average Bonchev–Trinajstić information content (AvgIpc) is 2.66. The zero-order valence-corrected chi connectivity index (χ0v) is 9.72. The van der Waals surface area contributed by atoms with Gasteiger partial charge in [-0.1, -0.05) is 24.2 Å². The van der Waals surface area contributed by atoms with E-state index in [4.69, 9.17) is 0 Å². The van der Waals surface area contributed by atoms with Crippen molar-refractivity contribution in [1.29, 1.82) is 0 Å². The Balaban J connectivity index is 1.71. The van der Waals surface area contributed by atoms with Gasteiger partial charge in [0.1, 0.15) is 10.0 Å². The summed E-state index contributed by atoms with van der Waals surface area (Å²) in [7, 11) is 0. The van der Waals surface area contributed by atoms with E-state index in [1.807, 2.05) is 11.3 Å². The number of piperidine rings is 1. The summed E-state index contributed by atoms with van der Waals surface area (Å²) in [5, 5.41) is 14.7. The summed E-state index contributed by atoms with van der Waals surface area (Å²) in [6, 6.07) is 0.491. The van der Waals surface area contributed by atoms with Crippen LogP contribution in [0.1, 0.15) is 60.5 Å². The molecule has 1 unspecified atom stereocenters. The van der Waals surface area contributed by atoms with E-state index in [0.717, 1.165) is 12.5 Å². The van der Waals surface area contributed by atoms with E-state index >= 15 is 0 Å². The van der Waals surface area contributed by atoms with Gasteiger partial charge in [-0.2, -0.15) is 0 Å². The standard InChI is InChI=1S/C11H17N3S/c1-2-7-12-9(6-1)11-14-13-10(15-11)8-4-3-5-8/h8-9,12H,1-7H2. The lowest BCUT2D eigenvalue weighted by atomic mass is 9.86. The third-order valence-corrected chi connectivity index (χ3v) is 4.72. The lowest BCUT2D eigenvalue weighted by Crippen LogP contribution is -2.26. The van der Waals surface area contributed by atoms with Crippen molar-refractivity contribution in [3.63, 3.8) is 0 Å². The fraction of sp³-hybridized carbons (Fsp3) is 0.818. The molecule has 0 spiro atoms. The molecule has 1 atom stereocenters. The Morgan fingerprint density at radius 3 is 2.53 bits per heavy atom. The molecule has 0 amide bonds. The first-order valence-electron chi connectivity index (χ1n) is 6.00. The third kappa shape index (κ3) is 1.93. The Kier molecular flexibility index (Phi) is 2.71. The van der Waals surface area contributed by atoms with E-state index in [1.54, 1.807) is 0 Å². The van der Waals surface area contributed by atoms with Gasteiger partial charge < -0.3 is 5.32 Å². The van der Waals surface area contributed by atoms with Crippen LogP contribution in [0.25, 0.3) is 0 Å². The lowest BCUT2D eigenvalue weighted by molar-refractivity contribution is 0.407. The van der Waals surface area contributed by atoms with Crippen LogP contribution in [0.15, 0.2) is 0 Å². The van der Waals surface area contributed by atoms with Crippen molar-refractivity contribution in [2.24, 2.45) is 0 Å². The van der Waals surface area contributed by atoms with Gasteiger partial charge in [-0.05, 0) is 32.2 Å². The maximum absolute atomic E-state index is 4.35. The van der Waals surface area contributed by atoms with E-state index in [9.17, 15) is 0 Å². The molecule has 2 heterocycles. The fourth-order valence-corrected chi connectivity index (χ4v) is 3.39. The molecule has 0 bridgehead atoms. The summed E-state index contributed by atoms with van der Waals surface area (Å²) >= 11 is 1.84. The largest absolute Gasteiger partial charge is 0.308 e. The SMILES string of the molecule is C1CCC(c2nnc(C3CCC3)s2)NC1. The van der Waals surface area contributed by atoms with Gasteiger partial charge in [0.05, 0.1) is 6.04 Å². The van der Waals surface area contributed by atoms with E-state index in [2.05, 4.69) is 15.5 Å². The molecule has 1 aromatic rings. The highest BCUT2D eigenvalue weighted by Gasteiger charge is 2.25. The second-order valence-corrected chi connectivity index (χ2v) is 5.65. The molecule has 1 saturated carbocycles. The van der Waals surface area contributed by atoms with Crippen molar-refractivity contribution in [3.05, 3.63) is 10.0 Å². The molecule has 0 radical (unpaired) electrons. The zero-order chi connectivity index (χ0) is 10.1. The minimum absolute atomic E-state index is 0.491. The van der Waals surface area contributed by atoms with Gasteiger partial charge in [-0.25, -0.2) is 0 Å². The first-order chi connectivity index (χ1) is 7.43. The summed E-state index contributed by atoms with van der Waals surface area (Å²) in [6.45, 7) is 1.14. The van der Waals surface area contributed by atoms with E-state index < -0.39 is 0 Å². The molecular weight excluding hydrogens is 206 g/mol. The molecule has 1 N–H and O–H groups in total. The maximum Gasteiger partial charge on any atom is 0.134 e. The molecular formula is C11H17N3S. The lowest BCUT2D eigenvalue weighted by Gasteiger charge is -2.22. The second kappa shape index (κ2) is 4.18. The normalized spacial score (nSPS) is 27.6. The summed E-state index contributed by atoms with van der Waals surface area (Å²) in [5.74, 6) is 0.736. The number of hydrogen-bond donors (Lipinski definition) is 1. The Bertz CT molecular complexity index is 326. The number of rotatable bonds is 2. The molecule has 2 aliphatic rings. The smallest absolute Gasteiger partial charge is 0.134 e. The van der Waals surface area contributed by atoms with Crippen molar-refractivity contribution in [2.75, 3.05) is 6.54 Å². The Morgan fingerprint density at radius 1 is 1.00 bits per heavy atom. The van der Waals surface area contributed by atoms with Crippen molar-refractivity contribution in [2.45, 2.75) is 50.5 Å². The van der Waals surface area contributed by atoms with Crippen molar-refractivity contribution in [3.8, 4) is 0 Å². The van der Waals surface area contributed by atoms with Gasteiger partial charge in [0.2, 0.25) is 0 Å². The van der Waals surface area contributed by atoms with Crippen LogP contribution in [-0.2, 0) is 0 Å². The molecule has 1 aliphatic heterocycles. The van der Waals surface area contributed by atoms with Crippen LogP contribution in [0, 0.1) is 0 Å². The molecule has 15 heavy (non-hydrogen) atoms. The van der Waals surface area contributed by atoms with Gasteiger partial charge in [-0.3, -0.25) is 0 Å². The minimum atomic E-state index is 0.491. The molecule has 3 nitrogen and oxygen atoms in total. The minimum Gasteiger partial charge on any atom is -0.308 e. The highest BCUT2D eigenvalue weighted by atomic mass is 32.1. The van der Waals surface area contributed by atoms with Crippen LogP contribution >= 0.6 is 11.3 Å². The molecule has 1 aromatic heterocycles. The highest BCUT2D eigenvalue weighted by molar-refractivity contribution is 7.11. The van der Waals surface area contributed by atoms with E-state index in [0.29, 0.717) is 6.04 Å². The van der Waals surface area contributed by atoms with Crippen molar-refractivity contribution >= 4 is 11.3 Å². The van der Waals surface area contributed by atoms with Gasteiger partial charge in [0, 0.05) is 5.92 Å². The van der Waals surface area contributed by atoms with Crippen LogP contribution in [0.3, 0.4) is 0 Å². The van der Waals surface area contributed by atoms with E-state index in [-0.39, 0.29) is 0 Å². The van der Waals surface area contributed by atoms with Gasteiger partial charge in [0.15, 0.2) is 0 Å². The molecule has 1 saturated heterocycles. The molecule has 3 rings (SSSR count). The fourth-order valence-electron chi connectivity index (χ4n) is 2.27. The average molecular weight is 223 g/mol. The third-order valence-electron chi connectivity index (χ3n) is 3.52. The molecule has 4 heteroatoms. The highest BCUT2D eigenvalue weighted by Crippen LogP contribution is 2.39. The molecule has 0 aromatic carbocycles. The summed E-state index contributed by atoms with van der Waals surface area (Å²) in [5.41, 5.74) is 0. The Morgan fingerprint density at radius 2 is 1.87 bits per heavy atom. The van der Waals surface area contributed by atoms with Crippen LogP contribution in [0.2, 0.25) is 0 Å². The monoisotopic (exact) mass is 223 g/mol. The quantitative estimate of drug-likeness (QED) is 0.837. The van der Waals surface area contributed by atoms with Gasteiger partial charge in [0.25, 0.3) is 0 Å². The summed E-state index contributed by atoms with van der Waals surface area (Å²) in [6.07, 6.45) is 7.90. The van der Waals surface area contributed by atoms with Crippen LogP contribution in [-0.4, -0.2) is 16.7 Å². The van der Waals surface area contributed by atoms with Gasteiger partial charge in [-0.15, -0.1) is 10.2 Å². The topological polar surface area (TPSA) is 37.8 Å². The Labute approximate surface area is 94.3 Å². The molecule has 1 aliphatic carbocycles. The predicted molar refractivity (Wildman–Crippen MR) is 61.1 cm³/mol. The second-order valence-electron chi connectivity index (χ2n) is 4.61. The molecule has 82 valence electrons. The van der Waals surface area contributed by atoms with Crippen LogP contribution in [0.5, 0.6) is 0 Å². The van der Waals surface area contributed by atoms with Crippen molar-refractivity contribution in [1.82, 2.24) is 15.5 Å². The van der Waals surface area contributed by atoms with Crippen LogP contribution < -0.4 is 5.32 Å². The van der Waals surface area contributed by atoms with Crippen molar-refractivity contribution < 1.29 is 0 Å². The van der Waals surface area contributed by atoms with Gasteiger partial charge >= 0.3 is 0 Å². The number of nitrogens with one attached hydrogen (secondary N) is 1. The number of aromatic nitrogens is 2. The van der Waals surface area contributed by atoms with Crippen LogP contribution in [0.4, 0.5) is 0 Å². The summed E-state index contributed by atoms with van der Waals surface area (Å²) in [4.78, 5) is 0. The zero-order valence-electron chi connectivity index (χ0n) is 8.91. The molecule has 2 fully saturated rings.